The molecule has 0 radical (unpaired) electrons. The zero-order valence-corrected chi connectivity index (χ0v) is 14.3. The third-order valence-corrected chi connectivity index (χ3v) is 4.19. The Labute approximate surface area is 150 Å². The molecule has 0 aliphatic carbocycles. The minimum atomic E-state index is -1.56. The number of nitrogens with zero attached hydrogens (tertiary/aromatic N) is 1. The summed E-state index contributed by atoms with van der Waals surface area (Å²) in [7, 11) is 0. The predicted molar refractivity (Wildman–Crippen MR) is 89.9 cm³/mol. The lowest BCUT2D eigenvalue weighted by Crippen LogP contribution is -2.64. The van der Waals surface area contributed by atoms with Crippen LogP contribution in [0.5, 0.6) is 0 Å². The van der Waals surface area contributed by atoms with Crippen molar-refractivity contribution in [2.75, 3.05) is 19.0 Å². The normalized spacial score (nSPS) is 29.2. The molecule has 2 rings (SSSR count). The van der Waals surface area contributed by atoms with E-state index in [0.29, 0.717) is 0 Å². The summed E-state index contributed by atoms with van der Waals surface area (Å²) < 4.78 is 5.49. The van der Waals surface area contributed by atoms with E-state index in [2.05, 4.69) is 5.32 Å². The number of hydrogen-bond donors (Lipinski definition) is 5. The summed E-state index contributed by atoms with van der Waals surface area (Å²) in [6.45, 7) is -0.259. The Bertz CT molecular complexity index is 547. The quantitative estimate of drug-likeness (QED) is 0.417. The van der Waals surface area contributed by atoms with Gasteiger partial charge in [-0.2, -0.15) is 0 Å². The number of carbonyl (C=O) groups excluding carboxylic acids is 1. The summed E-state index contributed by atoms with van der Waals surface area (Å²) in [5.41, 5.74) is 0.778. The molecule has 5 atom stereocenters. The Morgan fingerprint density at radius 3 is 2.44 bits per heavy atom. The van der Waals surface area contributed by atoms with Gasteiger partial charge in [-0.1, -0.05) is 30.3 Å². The van der Waals surface area contributed by atoms with Crippen LogP contribution in [0.1, 0.15) is 5.56 Å². The third-order valence-electron chi connectivity index (χ3n) is 4.00. The highest BCUT2D eigenvalue weighted by Gasteiger charge is 2.46. The maximum Gasteiger partial charge on any atom is 0.319 e. The van der Waals surface area contributed by atoms with E-state index in [1.807, 2.05) is 6.07 Å². The van der Waals surface area contributed by atoms with Crippen LogP contribution < -0.4 is 5.32 Å². The molecule has 1 heterocycles. The second-order valence-electron chi connectivity index (χ2n) is 5.75. The molecule has 1 aromatic carbocycles. The highest BCUT2D eigenvalue weighted by atomic mass is 35.5. The summed E-state index contributed by atoms with van der Waals surface area (Å²) in [5, 5.41) is 42.1. The number of halogens is 1. The van der Waals surface area contributed by atoms with E-state index < -0.39 is 43.3 Å². The molecule has 0 bridgehead atoms. The molecule has 9 heteroatoms. The molecule has 1 aliphatic rings. The van der Waals surface area contributed by atoms with E-state index in [4.69, 9.17) is 16.3 Å². The molecule has 0 saturated carbocycles. The van der Waals surface area contributed by atoms with Crippen LogP contribution in [0.4, 0.5) is 4.79 Å². The number of aliphatic hydroxyl groups excluding tert-OH is 4. The number of amides is 2. The molecule has 140 valence electrons. The van der Waals surface area contributed by atoms with Crippen LogP contribution in [0.15, 0.2) is 30.3 Å². The van der Waals surface area contributed by atoms with Gasteiger partial charge in [0.15, 0.2) is 6.23 Å². The van der Waals surface area contributed by atoms with Crippen LogP contribution in [-0.2, 0) is 11.3 Å². The fourth-order valence-corrected chi connectivity index (χ4v) is 2.75. The fourth-order valence-electron chi connectivity index (χ4n) is 2.65. The van der Waals surface area contributed by atoms with Crippen molar-refractivity contribution in [1.29, 1.82) is 0 Å². The molecule has 1 aromatic rings. The topological polar surface area (TPSA) is 122 Å². The van der Waals surface area contributed by atoms with E-state index in [-0.39, 0.29) is 19.0 Å². The minimum Gasteiger partial charge on any atom is -0.394 e. The van der Waals surface area contributed by atoms with E-state index in [1.54, 1.807) is 24.3 Å². The summed E-state index contributed by atoms with van der Waals surface area (Å²) in [6, 6.07) is 8.48. The van der Waals surface area contributed by atoms with Crippen molar-refractivity contribution >= 4 is 17.6 Å². The summed E-state index contributed by atoms with van der Waals surface area (Å²) in [5.74, 6) is 0.208. The SMILES string of the molecule is O=C(NCCCl)N(Cc1ccccc1)C1O[C@H](CO)[C@H](O)[C@H](O)[C@H]1O. The average Bonchev–Trinajstić information content (AvgIpc) is 2.64. The van der Waals surface area contributed by atoms with Gasteiger partial charge in [0, 0.05) is 12.4 Å². The molecule has 1 unspecified atom stereocenters. The first-order valence-electron chi connectivity index (χ1n) is 7.94. The Morgan fingerprint density at radius 2 is 1.84 bits per heavy atom. The number of aliphatic hydroxyl groups is 4. The van der Waals surface area contributed by atoms with Gasteiger partial charge in [0.25, 0.3) is 0 Å². The van der Waals surface area contributed by atoms with Gasteiger partial charge in [-0.15, -0.1) is 11.6 Å². The van der Waals surface area contributed by atoms with Gasteiger partial charge in [0.1, 0.15) is 24.4 Å². The van der Waals surface area contributed by atoms with Gasteiger partial charge in [-0.25, -0.2) is 4.79 Å². The van der Waals surface area contributed by atoms with E-state index in [0.717, 1.165) is 5.56 Å². The number of alkyl halides is 1. The molecule has 1 aliphatic heterocycles. The molecule has 0 aromatic heterocycles. The first kappa shape index (κ1) is 19.9. The zero-order valence-electron chi connectivity index (χ0n) is 13.5. The molecule has 1 saturated heterocycles. The van der Waals surface area contributed by atoms with Crippen LogP contribution in [0.3, 0.4) is 0 Å². The van der Waals surface area contributed by atoms with Crippen molar-refractivity contribution in [2.24, 2.45) is 0 Å². The number of nitrogens with one attached hydrogen (secondary N) is 1. The lowest BCUT2D eigenvalue weighted by molar-refractivity contribution is -0.258. The third kappa shape index (κ3) is 4.81. The highest BCUT2D eigenvalue weighted by Crippen LogP contribution is 2.25. The van der Waals surface area contributed by atoms with Crippen LogP contribution in [0, 0.1) is 0 Å². The summed E-state index contributed by atoms with van der Waals surface area (Å²) in [4.78, 5) is 13.7. The Balaban J connectivity index is 2.24. The van der Waals surface area contributed by atoms with Crippen LogP contribution in [0.2, 0.25) is 0 Å². The number of rotatable bonds is 6. The van der Waals surface area contributed by atoms with Gasteiger partial charge in [-0.3, -0.25) is 4.90 Å². The van der Waals surface area contributed by atoms with Gasteiger partial charge in [0.05, 0.1) is 13.2 Å². The average molecular weight is 375 g/mol. The second-order valence-corrected chi connectivity index (χ2v) is 6.13. The first-order valence-corrected chi connectivity index (χ1v) is 8.48. The number of urea groups is 1. The van der Waals surface area contributed by atoms with Crippen LogP contribution in [0.25, 0.3) is 0 Å². The van der Waals surface area contributed by atoms with Crippen molar-refractivity contribution in [2.45, 2.75) is 37.2 Å². The maximum absolute atomic E-state index is 12.5. The summed E-state index contributed by atoms with van der Waals surface area (Å²) in [6.07, 6.45) is -6.92. The standard InChI is InChI=1S/C16H23ClN2O6/c17-6-7-18-16(24)19(8-10-4-2-1-3-5-10)15-14(23)13(22)12(21)11(9-20)25-15/h1-5,11-15,20-23H,6-9H2,(H,18,24)/t11-,12+,13+,14-,15?/m1/s1. The monoisotopic (exact) mass is 374 g/mol. The van der Waals surface area contributed by atoms with E-state index in [1.165, 1.54) is 4.90 Å². The Kier molecular flexibility index (Phi) is 7.42. The maximum atomic E-state index is 12.5. The zero-order chi connectivity index (χ0) is 18.4. The van der Waals surface area contributed by atoms with Crippen LogP contribution >= 0.6 is 11.6 Å². The molecule has 2 amide bonds. The lowest BCUT2D eigenvalue weighted by Gasteiger charge is -2.44. The number of hydrogen-bond acceptors (Lipinski definition) is 6. The molecule has 0 spiro atoms. The number of carbonyl (C=O) groups is 1. The molecule has 1 fully saturated rings. The number of benzene rings is 1. The molecular weight excluding hydrogens is 352 g/mol. The molecule has 25 heavy (non-hydrogen) atoms. The van der Waals surface area contributed by atoms with Gasteiger partial charge in [-0.05, 0) is 5.56 Å². The fraction of sp³-hybridized carbons (Fsp3) is 0.562. The van der Waals surface area contributed by atoms with Crippen molar-refractivity contribution in [3.8, 4) is 0 Å². The van der Waals surface area contributed by atoms with Gasteiger partial charge < -0.3 is 30.5 Å². The first-order chi connectivity index (χ1) is 12.0. The Hall–Kier alpha value is -1.42. The number of ether oxygens (including phenoxy) is 1. The largest absolute Gasteiger partial charge is 0.394 e. The van der Waals surface area contributed by atoms with Crippen molar-refractivity contribution in [3.05, 3.63) is 35.9 Å². The van der Waals surface area contributed by atoms with E-state index >= 15 is 0 Å². The molecular formula is C16H23ClN2O6. The predicted octanol–water partition coefficient (Wildman–Crippen LogP) is -0.763. The van der Waals surface area contributed by atoms with Crippen molar-refractivity contribution in [3.63, 3.8) is 0 Å². The van der Waals surface area contributed by atoms with E-state index in [9.17, 15) is 25.2 Å². The lowest BCUT2D eigenvalue weighted by atomic mass is 9.97. The summed E-state index contributed by atoms with van der Waals surface area (Å²) >= 11 is 5.59. The minimum absolute atomic E-state index is 0.0949. The Morgan fingerprint density at radius 1 is 1.16 bits per heavy atom. The van der Waals surface area contributed by atoms with Gasteiger partial charge >= 0.3 is 6.03 Å². The van der Waals surface area contributed by atoms with Crippen molar-refractivity contribution < 1.29 is 30.0 Å². The second kappa shape index (κ2) is 9.33. The van der Waals surface area contributed by atoms with Crippen molar-refractivity contribution in [1.82, 2.24) is 10.2 Å². The smallest absolute Gasteiger partial charge is 0.319 e. The van der Waals surface area contributed by atoms with Crippen LogP contribution in [-0.4, -0.2) is 81.0 Å². The molecule has 5 N–H and O–H groups in total. The molecule has 8 nitrogen and oxygen atoms in total. The highest BCUT2D eigenvalue weighted by molar-refractivity contribution is 6.18. The van der Waals surface area contributed by atoms with Gasteiger partial charge in [0.2, 0.25) is 0 Å².